The third-order valence-electron chi connectivity index (χ3n) is 6.70. The van der Waals surface area contributed by atoms with Gasteiger partial charge >= 0.3 is 12.1 Å². The number of carboxylic acids is 1. The fourth-order valence-electron chi connectivity index (χ4n) is 4.80. The zero-order valence-corrected chi connectivity index (χ0v) is 18.3. The fraction of sp³-hybridized carbons (Fsp3) is 0.462. The number of aliphatic carboxylic acids is 1. The molecule has 164 valence electrons. The third kappa shape index (κ3) is 4.06. The SMILES string of the molecule is CCCCCC(C)(C(=O)O)N(C(=O)OCC1c2ccccc2-c2ccccc21)C1CC1. The Bertz CT molecular complexity index is 922. The summed E-state index contributed by atoms with van der Waals surface area (Å²) in [6, 6.07) is 16.4. The average Bonchev–Trinajstić information content (AvgIpc) is 3.54. The van der Waals surface area contributed by atoms with E-state index in [1.807, 2.05) is 24.3 Å². The normalized spacial score (nSPS) is 16.8. The molecule has 4 rings (SSSR count). The maximum absolute atomic E-state index is 13.2. The van der Waals surface area contributed by atoms with Crippen LogP contribution in [0.15, 0.2) is 48.5 Å². The summed E-state index contributed by atoms with van der Waals surface area (Å²) < 4.78 is 5.83. The number of carbonyl (C=O) groups excluding carboxylic acids is 1. The van der Waals surface area contributed by atoms with Gasteiger partial charge in [0, 0.05) is 12.0 Å². The Morgan fingerprint density at radius 2 is 1.61 bits per heavy atom. The second-order valence-corrected chi connectivity index (χ2v) is 8.94. The van der Waals surface area contributed by atoms with Gasteiger partial charge in [-0.25, -0.2) is 9.59 Å². The lowest BCUT2D eigenvalue weighted by atomic mass is 9.92. The molecule has 1 fully saturated rings. The molecule has 0 spiro atoms. The molecule has 0 radical (unpaired) electrons. The largest absolute Gasteiger partial charge is 0.480 e. The van der Waals surface area contributed by atoms with E-state index in [4.69, 9.17) is 4.74 Å². The number of benzene rings is 2. The van der Waals surface area contributed by atoms with E-state index in [0.29, 0.717) is 6.42 Å². The number of hydrogen-bond donors (Lipinski definition) is 1. The van der Waals surface area contributed by atoms with E-state index >= 15 is 0 Å². The molecule has 0 aliphatic heterocycles. The van der Waals surface area contributed by atoms with E-state index in [-0.39, 0.29) is 18.6 Å². The Kier molecular flexibility index (Phi) is 6.03. The number of carbonyl (C=O) groups is 2. The number of amides is 1. The summed E-state index contributed by atoms with van der Waals surface area (Å²) in [6.45, 7) is 3.97. The van der Waals surface area contributed by atoms with Crippen molar-refractivity contribution in [1.29, 1.82) is 0 Å². The summed E-state index contributed by atoms with van der Waals surface area (Å²) in [5, 5.41) is 10.0. The summed E-state index contributed by atoms with van der Waals surface area (Å²) >= 11 is 0. The van der Waals surface area contributed by atoms with Crippen LogP contribution < -0.4 is 0 Å². The second kappa shape index (κ2) is 8.74. The molecule has 2 aliphatic rings. The Morgan fingerprint density at radius 1 is 1.03 bits per heavy atom. The molecule has 1 unspecified atom stereocenters. The van der Waals surface area contributed by atoms with Gasteiger partial charge in [-0.3, -0.25) is 4.90 Å². The van der Waals surface area contributed by atoms with Gasteiger partial charge in [0.1, 0.15) is 12.1 Å². The van der Waals surface area contributed by atoms with Crippen molar-refractivity contribution >= 4 is 12.1 Å². The van der Waals surface area contributed by atoms with E-state index in [2.05, 4.69) is 31.2 Å². The molecule has 1 saturated carbocycles. The zero-order chi connectivity index (χ0) is 22.0. The molecule has 1 amide bonds. The van der Waals surface area contributed by atoms with Gasteiger partial charge in [0.25, 0.3) is 0 Å². The predicted octanol–water partition coefficient (Wildman–Crippen LogP) is 5.82. The van der Waals surface area contributed by atoms with Crippen molar-refractivity contribution in [2.24, 2.45) is 0 Å². The standard InChI is InChI=1S/C26H31NO4/c1-3-4-9-16-26(2,24(28)29)27(18-14-15-18)25(30)31-17-23-21-12-7-5-10-19(21)20-11-6-8-13-22(20)23/h5-8,10-13,18,23H,3-4,9,14-17H2,1-2H3,(H,28,29). The van der Waals surface area contributed by atoms with Crippen LogP contribution in [0.2, 0.25) is 0 Å². The maximum Gasteiger partial charge on any atom is 0.411 e. The van der Waals surface area contributed by atoms with Gasteiger partial charge < -0.3 is 9.84 Å². The number of ether oxygens (including phenoxy) is 1. The molecular weight excluding hydrogens is 390 g/mol. The van der Waals surface area contributed by atoms with E-state index in [9.17, 15) is 14.7 Å². The Morgan fingerprint density at radius 3 is 2.13 bits per heavy atom. The van der Waals surface area contributed by atoms with Crippen LogP contribution >= 0.6 is 0 Å². The van der Waals surface area contributed by atoms with Gasteiger partial charge in [0.15, 0.2) is 0 Å². The van der Waals surface area contributed by atoms with Gasteiger partial charge in [-0.1, -0.05) is 74.7 Å². The lowest BCUT2D eigenvalue weighted by molar-refractivity contribution is -0.150. The molecule has 0 aromatic heterocycles. The quantitative estimate of drug-likeness (QED) is 0.518. The monoisotopic (exact) mass is 421 g/mol. The molecule has 0 bridgehead atoms. The molecular formula is C26H31NO4. The van der Waals surface area contributed by atoms with Crippen LogP contribution in [0.5, 0.6) is 0 Å². The number of nitrogens with zero attached hydrogens (tertiary/aromatic N) is 1. The van der Waals surface area contributed by atoms with Crippen LogP contribution in [-0.2, 0) is 9.53 Å². The summed E-state index contributed by atoms with van der Waals surface area (Å²) in [5.41, 5.74) is 3.41. The first-order chi connectivity index (χ1) is 15.0. The van der Waals surface area contributed by atoms with Crippen molar-refractivity contribution in [3.8, 4) is 11.1 Å². The summed E-state index contributed by atoms with van der Waals surface area (Å²) in [4.78, 5) is 27.0. The second-order valence-electron chi connectivity index (χ2n) is 8.94. The van der Waals surface area contributed by atoms with Crippen molar-refractivity contribution in [3.63, 3.8) is 0 Å². The van der Waals surface area contributed by atoms with Gasteiger partial charge in [-0.2, -0.15) is 0 Å². The summed E-state index contributed by atoms with van der Waals surface area (Å²) in [6.07, 6.45) is 4.33. The van der Waals surface area contributed by atoms with Crippen LogP contribution in [0.1, 0.15) is 69.4 Å². The molecule has 2 aromatic rings. The molecule has 0 saturated heterocycles. The van der Waals surface area contributed by atoms with Gasteiger partial charge in [0.2, 0.25) is 0 Å². The summed E-state index contributed by atoms with van der Waals surface area (Å²) in [7, 11) is 0. The maximum atomic E-state index is 13.2. The topological polar surface area (TPSA) is 66.8 Å². The molecule has 5 heteroatoms. The molecule has 1 atom stereocenters. The molecule has 31 heavy (non-hydrogen) atoms. The smallest absolute Gasteiger partial charge is 0.411 e. The van der Waals surface area contributed by atoms with Crippen molar-refractivity contribution in [2.45, 2.75) is 69.9 Å². The predicted molar refractivity (Wildman–Crippen MR) is 120 cm³/mol. The average molecular weight is 422 g/mol. The van der Waals surface area contributed by atoms with Crippen molar-refractivity contribution in [3.05, 3.63) is 59.7 Å². The Balaban J connectivity index is 1.54. The fourth-order valence-corrected chi connectivity index (χ4v) is 4.80. The first-order valence-corrected chi connectivity index (χ1v) is 11.3. The van der Waals surface area contributed by atoms with Crippen molar-refractivity contribution in [2.75, 3.05) is 6.61 Å². The number of fused-ring (bicyclic) bond motifs is 3. The Labute approximate surface area is 184 Å². The van der Waals surface area contributed by atoms with Crippen LogP contribution in [0, 0.1) is 0 Å². The highest BCUT2D eigenvalue weighted by Crippen LogP contribution is 2.45. The van der Waals surface area contributed by atoms with Crippen LogP contribution in [0.4, 0.5) is 4.79 Å². The lowest BCUT2D eigenvalue weighted by Gasteiger charge is -2.37. The third-order valence-corrected chi connectivity index (χ3v) is 6.70. The Hall–Kier alpha value is -2.82. The highest BCUT2D eigenvalue weighted by Gasteiger charge is 2.49. The minimum absolute atomic E-state index is 0.0337. The minimum Gasteiger partial charge on any atom is -0.480 e. The van der Waals surface area contributed by atoms with E-state index in [0.717, 1.165) is 43.2 Å². The van der Waals surface area contributed by atoms with Crippen molar-refractivity contribution in [1.82, 2.24) is 4.90 Å². The number of hydrogen-bond acceptors (Lipinski definition) is 3. The van der Waals surface area contributed by atoms with Crippen LogP contribution in [0.3, 0.4) is 0 Å². The molecule has 1 N–H and O–H groups in total. The van der Waals surface area contributed by atoms with Crippen LogP contribution in [0.25, 0.3) is 11.1 Å². The van der Waals surface area contributed by atoms with E-state index in [1.165, 1.54) is 16.0 Å². The molecule has 2 aliphatic carbocycles. The van der Waals surface area contributed by atoms with Crippen LogP contribution in [-0.4, -0.2) is 40.3 Å². The van der Waals surface area contributed by atoms with E-state index in [1.54, 1.807) is 6.92 Å². The molecule has 2 aromatic carbocycles. The molecule has 0 heterocycles. The first-order valence-electron chi connectivity index (χ1n) is 11.3. The van der Waals surface area contributed by atoms with Gasteiger partial charge in [-0.05, 0) is 48.4 Å². The van der Waals surface area contributed by atoms with Gasteiger partial charge in [-0.15, -0.1) is 0 Å². The lowest BCUT2D eigenvalue weighted by Crippen LogP contribution is -2.56. The first kappa shape index (κ1) is 21.4. The van der Waals surface area contributed by atoms with Crippen molar-refractivity contribution < 1.29 is 19.4 Å². The van der Waals surface area contributed by atoms with E-state index < -0.39 is 17.6 Å². The zero-order valence-electron chi connectivity index (χ0n) is 18.3. The highest BCUT2D eigenvalue weighted by atomic mass is 16.6. The minimum atomic E-state index is -1.24. The summed E-state index contributed by atoms with van der Waals surface area (Å²) in [5.74, 6) is -0.988. The number of carboxylic acid groups (broad SMARTS) is 1. The number of rotatable bonds is 9. The number of unbranched alkanes of at least 4 members (excludes halogenated alkanes) is 2. The highest BCUT2D eigenvalue weighted by molar-refractivity contribution is 5.84. The van der Waals surface area contributed by atoms with Gasteiger partial charge in [0.05, 0.1) is 0 Å². The molecule has 5 nitrogen and oxygen atoms in total.